The van der Waals surface area contributed by atoms with Crippen LogP contribution in [0.25, 0.3) is 0 Å². The third-order valence-electron chi connectivity index (χ3n) is 2.35. The van der Waals surface area contributed by atoms with E-state index in [0.717, 1.165) is 5.41 Å². The summed E-state index contributed by atoms with van der Waals surface area (Å²) in [6.07, 6.45) is -8.26. The first kappa shape index (κ1) is 17.7. The molecule has 1 unspecified atom stereocenters. The summed E-state index contributed by atoms with van der Waals surface area (Å²) in [6.45, 7) is 0.226. The zero-order chi connectivity index (χ0) is 16.3. The van der Waals surface area contributed by atoms with Crippen LogP contribution >= 0.6 is 0 Å². The molecule has 0 fully saturated rings. The Kier molecular flexibility index (Phi) is 5.57. The van der Waals surface area contributed by atoms with Gasteiger partial charge in [-0.3, -0.25) is 0 Å². The minimum atomic E-state index is -4.96. The largest absolute Gasteiger partial charge is 0.416 e. The van der Waals surface area contributed by atoms with E-state index >= 15 is 0 Å². The molecular formula is C12H11F6NOS. The van der Waals surface area contributed by atoms with Crippen molar-refractivity contribution in [2.75, 3.05) is 6.54 Å². The standard InChI is InChI=1S/C12H11F6NOS/c13-11(14,15)8-5-9(12(16,17)18)7-10(6-8)21(20)4-2-1-3-19/h2,4-7H,1,3,19H2/b4-2+. The van der Waals surface area contributed by atoms with Gasteiger partial charge in [-0.2, -0.15) is 26.3 Å². The summed E-state index contributed by atoms with van der Waals surface area (Å²) in [6, 6.07) is 0.876. The number of benzene rings is 1. The van der Waals surface area contributed by atoms with Crippen molar-refractivity contribution in [3.63, 3.8) is 0 Å². The minimum absolute atomic E-state index is 0.00963. The average Bonchev–Trinajstić information content (AvgIpc) is 2.36. The molecule has 0 amide bonds. The Hall–Kier alpha value is -1.35. The van der Waals surface area contributed by atoms with Gasteiger partial charge in [0.1, 0.15) is 0 Å². The molecular weight excluding hydrogens is 320 g/mol. The highest BCUT2D eigenvalue weighted by Gasteiger charge is 2.37. The highest BCUT2D eigenvalue weighted by Crippen LogP contribution is 2.37. The first-order chi connectivity index (χ1) is 9.55. The SMILES string of the molecule is NCC/C=C/S(=O)c1cc(C(F)(F)F)cc(C(F)(F)F)c1. The number of nitrogens with two attached hydrogens (primary N) is 1. The van der Waals surface area contributed by atoms with Crippen LogP contribution < -0.4 is 5.73 Å². The lowest BCUT2D eigenvalue weighted by atomic mass is 10.1. The molecule has 0 aliphatic carbocycles. The zero-order valence-corrected chi connectivity index (χ0v) is 11.3. The molecule has 1 rings (SSSR count). The summed E-state index contributed by atoms with van der Waals surface area (Å²) in [7, 11) is -2.11. The highest BCUT2D eigenvalue weighted by atomic mass is 32.2. The number of rotatable bonds is 4. The molecule has 0 saturated carbocycles. The third kappa shape index (κ3) is 5.16. The second-order valence-corrected chi connectivity index (χ2v) is 5.33. The monoisotopic (exact) mass is 331 g/mol. The van der Waals surface area contributed by atoms with Crippen molar-refractivity contribution < 1.29 is 30.6 Å². The maximum absolute atomic E-state index is 12.6. The molecule has 1 atom stereocenters. The first-order valence-corrected chi connectivity index (χ1v) is 6.84. The minimum Gasteiger partial charge on any atom is -0.330 e. The number of hydrogen-bond donors (Lipinski definition) is 1. The number of halogens is 6. The molecule has 0 bridgehead atoms. The molecule has 0 aliphatic heterocycles. The molecule has 21 heavy (non-hydrogen) atoms. The van der Waals surface area contributed by atoms with Gasteiger partial charge in [-0.1, -0.05) is 6.08 Å². The summed E-state index contributed by atoms with van der Waals surface area (Å²) in [5, 5.41) is 1.02. The van der Waals surface area contributed by atoms with Gasteiger partial charge in [-0.15, -0.1) is 0 Å². The van der Waals surface area contributed by atoms with Crippen LogP contribution in [0.1, 0.15) is 17.5 Å². The second kappa shape index (κ2) is 6.61. The third-order valence-corrected chi connectivity index (χ3v) is 3.49. The van der Waals surface area contributed by atoms with Gasteiger partial charge in [0.25, 0.3) is 0 Å². The summed E-state index contributed by atoms with van der Waals surface area (Å²) in [5.74, 6) is 0. The van der Waals surface area contributed by atoms with Crippen molar-refractivity contribution in [2.24, 2.45) is 5.73 Å². The Labute approximate surface area is 119 Å². The fraction of sp³-hybridized carbons (Fsp3) is 0.333. The molecule has 1 aromatic rings. The van der Waals surface area contributed by atoms with Gasteiger partial charge in [-0.25, -0.2) is 4.21 Å². The van der Waals surface area contributed by atoms with E-state index in [1.165, 1.54) is 6.08 Å². The molecule has 2 nitrogen and oxygen atoms in total. The molecule has 0 radical (unpaired) electrons. The van der Waals surface area contributed by atoms with Crippen LogP contribution in [-0.2, 0) is 23.2 Å². The topological polar surface area (TPSA) is 43.1 Å². The molecule has 118 valence electrons. The Bertz CT molecular complexity index is 517. The summed E-state index contributed by atoms with van der Waals surface area (Å²) in [5.41, 5.74) is 2.18. The van der Waals surface area contributed by atoms with E-state index in [4.69, 9.17) is 5.73 Å². The van der Waals surface area contributed by atoms with Crippen molar-refractivity contribution in [2.45, 2.75) is 23.7 Å². The van der Waals surface area contributed by atoms with E-state index in [1.807, 2.05) is 0 Å². The molecule has 0 heterocycles. The van der Waals surface area contributed by atoms with Crippen LogP contribution in [0, 0.1) is 0 Å². The molecule has 1 aromatic carbocycles. The fourth-order valence-corrected chi connectivity index (χ4v) is 2.33. The van der Waals surface area contributed by atoms with E-state index in [9.17, 15) is 30.6 Å². The molecule has 0 aromatic heterocycles. The summed E-state index contributed by atoms with van der Waals surface area (Å²) in [4.78, 5) is -0.564. The van der Waals surface area contributed by atoms with Crippen LogP contribution in [0.2, 0.25) is 0 Å². The smallest absolute Gasteiger partial charge is 0.330 e. The molecule has 0 aliphatic rings. The Morgan fingerprint density at radius 3 is 1.86 bits per heavy atom. The van der Waals surface area contributed by atoms with Gasteiger partial charge in [0.15, 0.2) is 0 Å². The van der Waals surface area contributed by atoms with E-state index in [0.29, 0.717) is 18.6 Å². The van der Waals surface area contributed by atoms with Crippen LogP contribution in [0.15, 0.2) is 34.6 Å². The molecule has 0 spiro atoms. The van der Waals surface area contributed by atoms with Gasteiger partial charge in [0.2, 0.25) is 0 Å². The zero-order valence-electron chi connectivity index (χ0n) is 10.5. The van der Waals surface area contributed by atoms with Crippen molar-refractivity contribution in [3.05, 3.63) is 40.8 Å². The number of alkyl halides is 6. The van der Waals surface area contributed by atoms with Crippen LogP contribution in [0.4, 0.5) is 26.3 Å². The summed E-state index contributed by atoms with van der Waals surface area (Å²) < 4.78 is 87.4. The van der Waals surface area contributed by atoms with E-state index in [-0.39, 0.29) is 12.6 Å². The van der Waals surface area contributed by atoms with Crippen LogP contribution in [-0.4, -0.2) is 10.8 Å². The quantitative estimate of drug-likeness (QED) is 0.855. The van der Waals surface area contributed by atoms with E-state index in [2.05, 4.69) is 0 Å². The maximum Gasteiger partial charge on any atom is 0.416 e. The maximum atomic E-state index is 12.6. The predicted molar refractivity (Wildman–Crippen MR) is 65.7 cm³/mol. The summed E-state index contributed by atoms with van der Waals surface area (Å²) >= 11 is 0. The lowest BCUT2D eigenvalue weighted by Crippen LogP contribution is -2.12. The van der Waals surface area contributed by atoms with Crippen LogP contribution in [0.3, 0.4) is 0 Å². The number of hydrogen-bond acceptors (Lipinski definition) is 2. The average molecular weight is 331 g/mol. The molecule has 9 heteroatoms. The lowest BCUT2D eigenvalue weighted by Gasteiger charge is -2.13. The van der Waals surface area contributed by atoms with Crippen molar-refractivity contribution in [1.82, 2.24) is 0 Å². The first-order valence-electron chi connectivity index (χ1n) is 5.62. The van der Waals surface area contributed by atoms with Gasteiger partial charge >= 0.3 is 12.4 Å². The van der Waals surface area contributed by atoms with Crippen molar-refractivity contribution in [3.8, 4) is 0 Å². The van der Waals surface area contributed by atoms with Gasteiger partial charge in [-0.05, 0) is 31.2 Å². The molecule has 2 N–H and O–H groups in total. The predicted octanol–water partition coefficient (Wildman–Crippen LogP) is 3.69. The normalized spacial score (nSPS) is 14.6. The van der Waals surface area contributed by atoms with Crippen molar-refractivity contribution >= 4 is 10.8 Å². The van der Waals surface area contributed by atoms with Gasteiger partial charge in [0, 0.05) is 10.3 Å². The van der Waals surface area contributed by atoms with Crippen LogP contribution in [0.5, 0.6) is 0 Å². The Morgan fingerprint density at radius 1 is 1.00 bits per heavy atom. The van der Waals surface area contributed by atoms with E-state index < -0.39 is 39.2 Å². The fourth-order valence-electron chi connectivity index (χ4n) is 1.37. The van der Waals surface area contributed by atoms with Crippen molar-refractivity contribution in [1.29, 1.82) is 0 Å². The van der Waals surface area contributed by atoms with Gasteiger partial charge < -0.3 is 5.73 Å². The lowest BCUT2D eigenvalue weighted by molar-refractivity contribution is -0.143. The van der Waals surface area contributed by atoms with Gasteiger partial charge in [0.05, 0.1) is 21.9 Å². The highest BCUT2D eigenvalue weighted by molar-refractivity contribution is 7.88. The Balaban J connectivity index is 3.29. The second-order valence-electron chi connectivity index (χ2n) is 3.99. The van der Waals surface area contributed by atoms with E-state index in [1.54, 1.807) is 0 Å². The molecule has 0 saturated heterocycles. The Morgan fingerprint density at radius 2 is 1.48 bits per heavy atom.